The van der Waals surface area contributed by atoms with Crippen LogP contribution in [0.25, 0.3) is 0 Å². The van der Waals surface area contributed by atoms with Gasteiger partial charge in [0.05, 0.1) is 0 Å². The highest BCUT2D eigenvalue weighted by atomic mass is 16.6. The van der Waals surface area contributed by atoms with Gasteiger partial charge < -0.3 is 14.2 Å². The Bertz CT molecular complexity index is 1460. The van der Waals surface area contributed by atoms with Crippen molar-refractivity contribution in [1.82, 2.24) is 0 Å². The van der Waals surface area contributed by atoms with Crippen LogP contribution < -0.4 is 0 Å². The van der Waals surface area contributed by atoms with Gasteiger partial charge in [-0.25, -0.2) is 0 Å². The molecule has 6 nitrogen and oxygen atoms in total. The number of unbranched alkanes of at least 4 members (excludes halogenated alkanes) is 23. The molecule has 1 atom stereocenters. The first-order chi connectivity index (χ1) is 35.0. The average molecular weight is 986 g/mol. The Morgan fingerprint density at radius 3 is 0.958 bits per heavy atom. The maximum absolute atomic E-state index is 12.9. The zero-order valence-electron chi connectivity index (χ0n) is 46.2. The molecule has 0 aliphatic rings. The lowest BCUT2D eigenvalue weighted by atomic mass is 10.1. The summed E-state index contributed by atoms with van der Waals surface area (Å²) < 4.78 is 16.8. The SMILES string of the molecule is CC/C=C\C/C=C\C/C=C\C/C=C\C/C=C\CCCC(=O)OC[C@H](COC(=O)CCCCCC/C=C\C/C=C\C/C=C\CCCCC)OC(=O)CCCCCCCCCCC/C=C\CCCCCCCC. The van der Waals surface area contributed by atoms with E-state index in [4.69, 9.17) is 14.2 Å². The van der Waals surface area contributed by atoms with Gasteiger partial charge in [0.15, 0.2) is 6.10 Å². The monoisotopic (exact) mass is 985 g/mol. The smallest absolute Gasteiger partial charge is 0.306 e. The molecule has 0 aromatic carbocycles. The van der Waals surface area contributed by atoms with Crippen LogP contribution >= 0.6 is 0 Å². The Morgan fingerprint density at radius 1 is 0.296 bits per heavy atom. The number of allylic oxidation sites excluding steroid dienone is 18. The molecular weight excluding hydrogens is 877 g/mol. The molecule has 6 heteroatoms. The summed E-state index contributed by atoms with van der Waals surface area (Å²) in [7, 11) is 0. The molecule has 0 fully saturated rings. The second-order valence-corrected chi connectivity index (χ2v) is 19.2. The summed E-state index contributed by atoms with van der Waals surface area (Å²) in [5, 5.41) is 0. The van der Waals surface area contributed by atoms with E-state index in [2.05, 4.69) is 130 Å². The first-order valence-electron chi connectivity index (χ1n) is 29.4. The Hall–Kier alpha value is -3.93. The van der Waals surface area contributed by atoms with Crippen molar-refractivity contribution in [3.8, 4) is 0 Å². The summed E-state index contributed by atoms with van der Waals surface area (Å²) in [6, 6.07) is 0. The van der Waals surface area contributed by atoms with Crippen LogP contribution in [0, 0.1) is 0 Å². The third kappa shape index (κ3) is 56.9. The number of ether oxygens (including phenoxy) is 3. The maximum Gasteiger partial charge on any atom is 0.306 e. The van der Waals surface area contributed by atoms with Gasteiger partial charge >= 0.3 is 17.9 Å². The number of carbonyl (C=O) groups excluding carboxylic acids is 3. The lowest BCUT2D eigenvalue weighted by Crippen LogP contribution is -2.30. The Kier molecular flexibility index (Phi) is 55.4. The van der Waals surface area contributed by atoms with E-state index in [0.717, 1.165) is 103 Å². The van der Waals surface area contributed by atoms with Crippen molar-refractivity contribution in [3.05, 3.63) is 109 Å². The molecule has 0 bridgehead atoms. The summed E-state index contributed by atoms with van der Waals surface area (Å²) >= 11 is 0. The predicted octanol–water partition coefficient (Wildman–Crippen LogP) is 19.9. The minimum atomic E-state index is -0.814. The third-order valence-corrected chi connectivity index (χ3v) is 12.2. The van der Waals surface area contributed by atoms with Gasteiger partial charge in [-0.1, -0.05) is 233 Å². The van der Waals surface area contributed by atoms with E-state index in [1.807, 2.05) is 0 Å². The average Bonchev–Trinajstić information content (AvgIpc) is 3.37. The van der Waals surface area contributed by atoms with Crippen LogP contribution in [-0.2, 0) is 28.6 Å². The first-order valence-corrected chi connectivity index (χ1v) is 29.4. The summed E-state index contributed by atoms with van der Waals surface area (Å²) in [4.78, 5) is 38.2. The van der Waals surface area contributed by atoms with Crippen LogP contribution in [0.5, 0.6) is 0 Å². The highest BCUT2D eigenvalue weighted by Crippen LogP contribution is 2.14. The van der Waals surface area contributed by atoms with Gasteiger partial charge in [-0.05, 0) is 122 Å². The predicted molar refractivity (Wildman–Crippen MR) is 307 cm³/mol. The van der Waals surface area contributed by atoms with Gasteiger partial charge in [-0.15, -0.1) is 0 Å². The Labute approximate surface area is 438 Å². The molecule has 71 heavy (non-hydrogen) atoms. The number of carbonyl (C=O) groups is 3. The molecule has 0 radical (unpaired) electrons. The number of hydrogen-bond donors (Lipinski definition) is 0. The van der Waals surface area contributed by atoms with Crippen molar-refractivity contribution in [2.24, 2.45) is 0 Å². The van der Waals surface area contributed by atoms with Gasteiger partial charge in [0.1, 0.15) is 13.2 Å². The normalized spacial score (nSPS) is 12.9. The highest BCUT2D eigenvalue weighted by Gasteiger charge is 2.19. The minimum absolute atomic E-state index is 0.109. The molecule has 0 rings (SSSR count). The van der Waals surface area contributed by atoms with Crippen molar-refractivity contribution in [3.63, 3.8) is 0 Å². The molecule has 0 heterocycles. The molecule has 0 unspecified atom stereocenters. The molecule has 0 aliphatic carbocycles. The standard InChI is InChI=1S/C65H108O6/c1-4-7-10-13-16-19-22-25-28-31-32-35-38-41-44-47-50-53-56-59-65(68)71-62(60-69-63(66)57-54-51-48-45-42-39-36-33-29-26-23-20-17-14-11-8-5-2)61-70-64(67)58-55-52-49-46-43-40-37-34-30-27-24-21-18-15-12-9-6-3/h8,11,17-18,20-21,25-30,36-37,39-40,45,48,62H,4-7,9-10,12-16,19,22-24,31-35,38,41-44,46-47,49-61H2,1-3H3/b11-8-,20-17-,21-18-,28-25-,29-26-,30-27-,39-36-,40-37-,48-45-/t62-/m1/s1. The Morgan fingerprint density at radius 2 is 0.563 bits per heavy atom. The highest BCUT2D eigenvalue weighted by molar-refractivity contribution is 5.71. The van der Waals surface area contributed by atoms with Gasteiger partial charge in [0, 0.05) is 19.3 Å². The van der Waals surface area contributed by atoms with E-state index in [1.54, 1.807) is 0 Å². The van der Waals surface area contributed by atoms with Crippen molar-refractivity contribution in [1.29, 1.82) is 0 Å². The van der Waals surface area contributed by atoms with Crippen LogP contribution in [0.2, 0.25) is 0 Å². The van der Waals surface area contributed by atoms with E-state index < -0.39 is 6.10 Å². The zero-order valence-corrected chi connectivity index (χ0v) is 46.2. The summed E-state index contributed by atoms with van der Waals surface area (Å²) in [6.45, 7) is 6.43. The number of esters is 3. The van der Waals surface area contributed by atoms with Crippen LogP contribution in [0.15, 0.2) is 109 Å². The fourth-order valence-corrected chi connectivity index (χ4v) is 7.83. The van der Waals surface area contributed by atoms with Crippen molar-refractivity contribution in [2.45, 2.75) is 271 Å². The van der Waals surface area contributed by atoms with E-state index in [0.29, 0.717) is 19.3 Å². The fourth-order valence-electron chi connectivity index (χ4n) is 7.83. The van der Waals surface area contributed by atoms with Crippen LogP contribution in [0.4, 0.5) is 0 Å². The molecule has 0 N–H and O–H groups in total. The molecule has 0 aromatic rings. The molecule has 0 aliphatic heterocycles. The number of hydrogen-bond acceptors (Lipinski definition) is 6. The lowest BCUT2D eigenvalue weighted by molar-refractivity contribution is -0.167. The molecular formula is C65H108O6. The molecule has 0 saturated heterocycles. The summed E-state index contributed by atoms with van der Waals surface area (Å²) in [6.07, 6.45) is 79.4. The largest absolute Gasteiger partial charge is 0.462 e. The topological polar surface area (TPSA) is 78.9 Å². The summed E-state index contributed by atoms with van der Waals surface area (Å²) in [5.41, 5.74) is 0. The van der Waals surface area contributed by atoms with E-state index in [-0.39, 0.29) is 37.5 Å². The van der Waals surface area contributed by atoms with Crippen LogP contribution in [0.1, 0.15) is 265 Å². The van der Waals surface area contributed by atoms with Gasteiger partial charge in [0.2, 0.25) is 0 Å². The maximum atomic E-state index is 12.9. The van der Waals surface area contributed by atoms with Crippen molar-refractivity contribution >= 4 is 17.9 Å². The second kappa shape index (κ2) is 58.6. The second-order valence-electron chi connectivity index (χ2n) is 19.2. The van der Waals surface area contributed by atoms with Gasteiger partial charge in [0.25, 0.3) is 0 Å². The first kappa shape index (κ1) is 67.1. The Balaban J connectivity index is 4.51. The quantitative estimate of drug-likeness (QED) is 0.0261. The van der Waals surface area contributed by atoms with Crippen LogP contribution in [-0.4, -0.2) is 37.2 Å². The third-order valence-electron chi connectivity index (χ3n) is 12.2. The minimum Gasteiger partial charge on any atom is -0.462 e. The molecule has 0 amide bonds. The van der Waals surface area contributed by atoms with E-state index in [9.17, 15) is 14.4 Å². The molecule has 0 aromatic heterocycles. The van der Waals surface area contributed by atoms with Gasteiger partial charge in [-0.2, -0.15) is 0 Å². The number of rotatable bonds is 52. The zero-order chi connectivity index (χ0) is 51.4. The fraction of sp³-hybridized carbons (Fsp3) is 0.677. The van der Waals surface area contributed by atoms with Crippen molar-refractivity contribution in [2.75, 3.05) is 13.2 Å². The van der Waals surface area contributed by atoms with Crippen LogP contribution in [0.3, 0.4) is 0 Å². The van der Waals surface area contributed by atoms with Gasteiger partial charge in [-0.3, -0.25) is 14.4 Å². The molecule has 0 saturated carbocycles. The lowest BCUT2D eigenvalue weighted by Gasteiger charge is -2.18. The molecule has 404 valence electrons. The van der Waals surface area contributed by atoms with E-state index >= 15 is 0 Å². The van der Waals surface area contributed by atoms with Crippen molar-refractivity contribution < 1.29 is 28.6 Å². The summed E-state index contributed by atoms with van der Waals surface area (Å²) in [5.74, 6) is -0.989. The molecule has 0 spiro atoms. The van der Waals surface area contributed by atoms with E-state index in [1.165, 1.54) is 116 Å².